The van der Waals surface area contributed by atoms with Crippen LogP contribution in [0.2, 0.25) is 0 Å². The number of nitrogens with one attached hydrogen (secondary N) is 1. The molecule has 1 amide bonds. The maximum atomic E-state index is 11.5. The van der Waals surface area contributed by atoms with Crippen molar-refractivity contribution < 1.29 is 4.79 Å². The molecule has 0 aliphatic carbocycles. The zero-order valence-electron chi connectivity index (χ0n) is 10.6. The number of anilines is 1. The number of carbonyl (C=O) groups excluding carboxylic acids is 1. The van der Waals surface area contributed by atoms with Crippen molar-refractivity contribution in [2.75, 3.05) is 11.2 Å². The number of thiophene rings is 1. The number of alkyl halides is 1. The maximum Gasteiger partial charge on any atom is 0.240 e. The van der Waals surface area contributed by atoms with E-state index >= 15 is 0 Å². The number of amides is 1. The Balaban J connectivity index is 2.06. The lowest BCUT2D eigenvalue weighted by Crippen LogP contribution is -2.14. The fourth-order valence-corrected chi connectivity index (χ4v) is 2.99. The smallest absolute Gasteiger partial charge is 0.240 e. The fourth-order valence-electron chi connectivity index (χ4n) is 1.66. The van der Waals surface area contributed by atoms with Gasteiger partial charge in [-0.2, -0.15) is 0 Å². The molecular weight excluding hydrogens is 328 g/mol. The molecule has 3 aromatic heterocycles. The van der Waals surface area contributed by atoms with Gasteiger partial charge in [-0.15, -0.1) is 34.3 Å². The Labute approximate surface area is 133 Å². The normalized spacial score (nSPS) is 10.5. The highest BCUT2D eigenvalue weighted by atomic mass is 35.5. The molecule has 1 N–H and O–H groups in total. The van der Waals surface area contributed by atoms with Crippen molar-refractivity contribution in [2.24, 2.45) is 0 Å². The summed E-state index contributed by atoms with van der Waals surface area (Å²) in [6.07, 6.45) is 1.71. The van der Waals surface area contributed by atoms with Crippen LogP contribution in [-0.2, 0) is 4.79 Å². The van der Waals surface area contributed by atoms with Crippen LogP contribution in [-0.4, -0.2) is 26.7 Å². The highest BCUT2D eigenvalue weighted by molar-refractivity contribution is 7.13. The Morgan fingerprint density at radius 3 is 2.86 bits per heavy atom. The highest BCUT2D eigenvalue weighted by Crippen LogP contribution is 2.27. The third kappa shape index (κ3) is 3.26. The number of rotatable bonds is 4. The number of hydrogen-bond donors (Lipinski definition) is 1. The standard InChI is InChI=1S/C13H9ClN4OS2/c14-7-11(19)17-10-6-8(13-15-3-5-21-13)16-12(18-10)9-2-1-4-20-9/h1-6H,7H2,(H,16,17,18,19). The minimum Gasteiger partial charge on any atom is -0.310 e. The minimum atomic E-state index is -0.308. The maximum absolute atomic E-state index is 11.5. The molecule has 0 saturated carbocycles. The first kappa shape index (κ1) is 14.1. The van der Waals surface area contributed by atoms with E-state index in [1.165, 1.54) is 22.7 Å². The molecule has 0 aliphatic rings. The van der Waals surface area contributed by atoms with Crippen LogP contribution < -0.4 is 5.32 Å². The van der Waals surface area contributed by atoms with Crippen molar-refractivity contribution in [3.63, 3.8) is 0 Å². The summed E-state index contributed by atoms with van der Waals surface area (Å²) in [5, 5.41) is 7.25. The van der Waals surface area contributed by atoms with Crippen LogP contribution in [0.5, 0.6) is 0 Å². The first-order valence-electron chi connectivity index (χ1n) is 5.95. The van der Waals surface area contributed by atoms with Gasteiger partial charge in [-0.3, -0.25) is 4.79 Å². The number of carbonyl (C=O) groups is 1. The summed E-state index contributed by atoms with van der Waals surface area (Å²) in [6.45, 7) is 0. The predicted molar refractivity (Wildman–Crippen MR) is 85.8 cm³/mol. The molecule has 0 radical (unpaired) electrons. The van der Waals surface area contributed by atoms with E-state index in [1.54, 1.807) is 12.3 Å². The zero-order valence-corrected chi connectivity index (χ0v) is 13.0. The van der Waals surface area contributed by atoms with E-state index < -0.39 is 0 Å². The second kappa shape index (κ2) is 6.30. The Kier molecular flexibility index (Phi) is 4.23. The molecule has 3 heterocycles. The van der Waals surface area contributed by atoms with Crippen molar-refractivity contribution in [3.8, 4) is 21.4 Å². The van der Waals surface area contributed by atoms with Crippen molar-refractivity contribution in [1.82, 2.24) is 15.0 Å². The molecule has 0 unspecified atom stereocenters. The molecule has 106 valence electrons. The van der Waals surface area contributed by atoms with E-state index in [1.807, 2.05) is 22.9 Å². The molecule has 8 heteroatoms. The summed E-state index contributed by atoms with van der Waals surface area (Å²) >= 11 is 8.53. The molecule has 0 fully saturated rings. The number of halogens is 1. The van der Waals surface area contributed by atoms with Crippen LogP contribution in [0.25, 0.3) is 21.4 Å². The summed E-state index contributed by atoms with van der Waals surface area (Å²) < 4.78 is 0. The van der Waals surface area contributed by atoms with E-state index in [4.69, 9.17) is 11.6 Å². The van der Waals surface area contributed by atoms with Gasteiger partial charge in [-0.05, 0) is 11.4 Å². The molecule has 3 aromatic rings. The molecule has 21 heavy (non-hydrogen) atoms. The molecule has 0 saturated heterocycles. The molecule has 5 nitrogen and oxygen atoms in total. The van der Waals surface area contributed by atoms with Crippen molar-refractivity contribution >= 4 is 46.0 Å². The Morgan fingerprint density at radius 1 is 1.29 bits per heavy atom. The fraction of sp³-hybridized carbons (Fsp3) is 0.0769. The van der Waals surface area contributed by atoms with Gasteiger partial charge < -0.3 is 5.32 Å². The topological polar surface area (TPSA) is 67.8 Å². The van der Waals surface area contributed by atoms with E-state index in [-0.39, 0.29) is 11.8 Å². The van der Waals surface area contributed by atoms with Gasteiger partial charge in [0, 0.05) is 17.6 Å². The molecule has 0 spiro atoms. The van der Waals surface area contributed by atoms with Crippen LogP contribution in [0.4, 0.5) is 5.82 Å². The molecule has 0 atom stereocenters. The van der Waals surface area contributed by atoms with Gasteiger partial charge in [0.15, 0.2) is 5.82 Å². The van der Waals surface area contributed by atoms with Gasteiger partial charge in [0.1, 0.15) is 22.4 Å². The first-order valence-corrected chi connectivity index (χ1v) is 8.24. The van der Waals surface area contributed by atoms with Crippen molar-refractivity contribution in [3.05, 3.63) is 35.2 Å². The number of nitrogens with zero attached hydrogens (tertiary/aromatic N) is 3. The summed E-state index contributed by atoms with van der Waals surface area (Å²) in [5.41, 5.74) is 0.674. The SMILES string of the molecule is O=C(CCl)Nc1cc(-c2nccs2)nc(-c2cccs2)n1. The molecular formula is C13H9ClN4OS2. The first-order chi connectivity index (χ1) is 10.3. The van der Waals surface area contributed by atoms with Gasteiger partial charge in [0.2, 0.25) is 5.91 Å². The van der Waals surface area contributed by atoms with Gasteiger partial charge in [-0.1, -0.05) is 6.07 Å². The van der Waals surface area contributed by atoms with Crippen LogP contribution >= 0.6 is 34.3 Å². The van der Waals surface area contributed by atoms with Gasteiger partial charge in [0.25, 0.3) is 0 Å². The monoisotopic (exact) mass is 336 g/mol. The summed E-state index contributed by atoms with van der Waals surface area (Å²) in [5.74, 6) is 0.551. The second-order valence-corrected chi connectivity index (χ2v) is 6.07. The van der Waals surface area contributed by atoms with Crippen molar-refractivity contribution in [2.45, 2.75) is 0 Å². The number of hydrogen-bond acceptors (Lipinski definition) is 6. The van der Waals surface area contributed by atoms with Crippen LogP contribution in [0.1, 0.15) is 0 Å². The van der Waals surface area contributed by atoms with E-state index in [2.05, 4.69) is 20.3 Å². The predicted octanol–water partition coefficient (Wildman–Crippen LogP) is 3.51. The largest absolute Gasteiger partial charge is 0.310 e. The molecule has 3 rings (SSSR count). The average Bonchev–Trinajstić information content (AvgIpc) is 3.20. The summed E-state index contributed by atoms with van der Waals surface area (Å²) in [4.78, 5) is 25.5. The van der Waals surface area contributed by atoms with Crippen LogP contribution in [0.15, 0.2) is 35.2 Å². The van der Waals surface area contributed by atoms with E-state index in [0.717, 1.165) is 9.88 Å². The molecule has 0 bridgehead atoms. The zero-order chi connectivity index (χ0) is 14.7. The minimum absolute atomic E-state index is 0.120. The molecule has 0 aromatic carbocycles. The number of thiazole rings is 1. The van der Waals surface area contributed by atoms with Crippen LogP contribution in [0, 0.1) is 0 Å². The summed E-state index contributed by atoms with van der Waals surface area (Å²) in [7, 11) is 0. The van der Waals surface area contributed by atoms with Crippen LogP contribution in [0.3, 0.4) is 0 Å². The highest BCUT2D eigenvalue weighted by Gasteiger charge is 2.12. The van der Waals surface area contributed by atoms with E-state index in [0.29, 0.717) is 17.3 Å². The van der Waals surface area contributed by atoms with E-state index in [9.17, 15) is 4.79 Å². The van der Waals surface area contributed by atoms with Crippen molar-refractivity contribution in [1.29, 1.82) is 0 Å². The number of aromatic nitrogens is 3. The Morgan fingerprint density at radius 2 is 2.19 bits per heavy atom. The lowest BCUT2D eigenvalue weighted by Gasteiger charge is -2.06. The average molecular weight is 337 g/mol. The lowest BCUT2D eigenvalue weighted by molar-refractivity contribution is -0.113. The quantitative estimate of drug-likeness (QED) is 0.740. The van der Waals surface area contributed by atoms with Gasteiger partial charge in [0.05, 0.1) is 4.88 Å². The Hall–Kier alpha value is -1.83. The Bertz CT molecular complexity index is 691. The third-order valence-corrected chi connectivity index (χ3v) is 4.41. The lowest BCUT2D eigenvalue weighted by atomic mass is 10.3. The second-order valence-electron chi connectivity index (χ2n) is 3.96. The van der Waals surface area contributed by atoms with Gasteiger partial charge >= 0.3 is 0 Å². The third-order valence-electron chi connectivity index (χ3n) is 2.51. The summed E-state index contributed by atoms with van der Waals surface area (Å²) in [6, 6.07) is 5.55. The van der Waals surface area contributed by atoms with Gasteiger partial charge in [-0.25, -0.2) is 15.0 Å². The molecule has 0 aliphatic heterocycles.